The molecule has 0 saturated heterocycles. The summed E-state index contributed by atoms with van der Waals surface area (Å²) in [5, 5.41) is 1.36. The molecule has 0 amide bonds. The maximum atomic E-state index is 3.32. The van der Waals surface area contributed by atoms with Crippen molar-refractivity contribution >= 4 is 29.2 Å². The molecule has 25 heavy (non-hydrogen) atoms. The molecule has 0 unspecified atom stereocenters. The molecular formula is C22H22BrFeP-8. The third kappa shape index (κ3) is 6.66. The van der Waals surface area contributed by atoms with Gasteiger partial charge in [-0.15, -0.1) is 0 Å². The molecule has 0 bridgehead atoms. The summed E-state index contributed by atoms with van der Waals surface area (Å²) in [7, 11) is -0.0287. The van der Waals surface area contributed by atoms with Gasteiger partial charge in [0.25, 0.3) is 0 Å². The number of hydrogen-bond donors (Lipinski definition) is 0. The van der Waals surface area contributed by atoms with E-state index in [1.54, 1.807) is 0 Å². The van der Waals surface area contributed by atoms with Gasteiger partial charge in [-0.1, -0.05) is 49.8 Å². The molecule has 0 heterocycles. The maximum Gasteiger partial charge on any atom is 2.00 e. The monoisotopic (exact) mass is 452 g/mol. The van der Waals surface area contributed by atoms with E-state index in [1.807, 2.05) is 0 Å². The molecule has 2 aromatic carbocycles. The topological polar surface area (TPSA) is 0 Å². The van der Waals surface area contributed by atoms with Crippen LogP contribution in [0, 0.1) is 48.5 Å². The average molecular weight is 453 g/mol. The van der Waals surface area contributed by atoms with Gasteiger partial charge in [-0.3, -0.25) is 0 Å². The molecule has 2 aromatic rings. The van der Waals surface area contributed by atoms with E-state index in [2.05, 4.69) is 64.5 Å². The van der Waals surface area contributed by atoms with E-state index in [0.29, 0.717) is 0 Å². The van der Waals surface area contributed by atoms with E-state index in [1.165, 1.54) is 69.5 Å². The number of halogens is 1. The zero-order chi connectivity index (χ0) is 16.6. The van der Waals surface area contributed by atoms with E-state index in [9.17, 15) is 0 Å². The molecule has 0 spiro atoms. The molecule has 0 radical (unpaired) electrons. The molecule has 0 aliphatic heterocycles. The molecular weight excluding hydrogens is 431 g/mol. The van der Waals surface area contributed by atoms with E-state index < -0.39 is 0 Å². The van der Waals surface area contributed by atoms with Gasteiger partial charge in [-0.05, 0) is 25.7 Å². The van der Waals surface area contributed by atoms with E-state index in [-0.39, 0.29) is 25.0 Å². The van der Waals surface area contributed by atoms with Crippen LogP contribution in [0.4, 0.5) is 0 Å². The van der Waals surface area contributed by atoms with Crippen molar-refractivity contribution in [3.63, 3.8) is 0 Å². The first-order valence-corrected chi connectivity index (χ1v) is 11.3. The smallest absolute Gasteiger partial charge is 0.998 e. The van der Waals surface area contributed by atoms with Crippen molar-refractivity contribution in [2.45, 2.75) is 75.5 Å². The summed E-state index contributed by atoms with van der Waals surface area (Å²) in [6.07, 6.45) is 14.5. The Labute approximate surface area is 174 Å². The van der Waals surface area contributed by atoms with E-state index in [0.717, 1.165) is 15.8 Å². The second kappa shape index (κ2) is 11.8. The predicted molar refractivity (Wildman–Crippen MR) is 103 cm³/mol. The summed E-state index contributed by atoms with van der Waals surface area (Å²) in [6.45, 7) is 0. The summed E-state index contributed by atoms with van der Waals surface area (Å²) in [5.74, 6) is 0. The molecule has 0 nitrogen and oxygen atoms in total. The van der Waals surface area contributed by atoms with Crippen molar-refractivity contribution in [2.75, 3.05) is 0 Å². The molecule has 3 heteroatoms. The first-order valence-electron chi connectivity index (χ1n) is 9.06. The molecule has 138 valence electrons. The Morgan fingerprint density at radius 3 is 1.40 bits per heavy atom. The van der Waals surface area contributed by atoms with Gasteiger partial charge in [0.1, 0.15) is 0 Å². The molecule has 2 aliphatic carbocycles. The van der Waals surface area contributed by atoms with Gasteiger partial charge in [0.15, 0.2) is 0 Å². The number of hydrogen-bond acceptors (Lipinski definition) is 0. The van der Waals surface area contributed by atoms with Gasteiger partial charge >= 0.3 is 17.1 Å². The van der Waals surface area contributed by atoms with Crippen molar-refractivity contribution in [3.05, 3.63) is 53.0 Å². The molecule has 2 aliphatic rings. The molecule has 4 rings (SSSR count). The zero-order valence-electron chi connectivity index (χ0n) is 14.4. The fraction of sp³-hybridized carbons (Fsp3) is 0.545. The van der Waals surface area contributed by atoms with E-state index in [4.69, 9.17) is 0 Å². The van der Waals surface area contributed by atoms with Crippen LogP contribution in [0.15, 0.2) is 4.47 Å². The fourth-order valence-electron chi connectivity index (χ4n) is 3.93. The van der Waals surface area contributed by atoms with E-state index >= 15 is 0 Å². The Balaban J connectivity index is 0.000000275. The van der Waals surface area contributed by atoms with Crippen molar-refractivity contribution < 1.29 is 17.1 Å². The van der Waals surface area contributed by atoms with Crippen LogP contribution in [-0.2, 0) is 17.1 Å². The third-order valence-electron chi connectivity index (χ3n) is 5.03. The van der Waals surface area contributed by atoms with Crippen LogP contribution in [0.25, 0.3) is 0 Å². The largest absolute Gasteiger partial charge is 2.00 e. The van der Waals surface area contributed by atoms with Gasteiger partial charge in [-0.2, -0.15) is 0 Å². The fourth-order valence-corrected chi connectivity index (χ4v) is 7.66. The van der Waals surface area contributed by atoms with Crippen molar-refractivity contribution in [3.8, 4) is 0 Å². The van der Waals surface area contributed by atoms with Gasteiger partial charge in [-0.25, -0.2) is 0 Å². The summed E-state index contributed by atoms with van der Waals surface area (Å²) in [4.78, 5) is 0. The minimum absolute atomic E-state index is 0. The molecule has 2 saturated carbocycles. The Hall–Kier alpha value is 0.129. The normalized spacial score (nSPS) is 19.1. The van der Waals surface area contributed by atoms with Crippen LogP contribution < -0.4 is 5.30 Å². The Morgan fingerprint density at radius 2 is 1.04 bits per heavy atom. The summed E-state index contributed by atoms with van der Waals surface area (Å²) >= 11 is 3.11. The Bertz CT molecular complexity index is 519. The van der Waals surface area contributed by atoms with Crippen LogP contribution in [0.5, 0.6) is 0 Å². The average Bonchev–Trinajstić information content (AvgIpc) is 3.32. The van der Waals surface area contributed by atoms with Crippen molar-refractivity contribution in [1.29, 1.82) is 0 Å². The predicted octanol–water partition coefficient (Wildman–Crippen LogP) is 5.75. The second-order valence-corrected chi connectivity index (χ2v) is 10.2. The SMILES string of the molecule is Br[c-]1[c-][c-][c-][c-]1.[Fe+2].[c-]1[c-][c-][c-](P(C2CCCCC2)C2CCCCC2)[c-]1. The molecule has 0 N–H and O–H groups in total. The summed E-state index contributed by atoms with van der Waals surface area (Å²) < 4.78 is 0.794. The third-order valence-corrected chi connectivity index (χ3v) is 8.77. The zero-order valence-corrected chi connectivity index (χ0v) is 18.0. The summed E-state index contributed by atoms with van der Waals surface area (Å²) in [5.41, 5.74) is 1.90. The second-order valence-electron chi connectivity index (χ2n) is 6.65. The van der Waals surface area contributed by atoms with Crippen molar-refractivity contribution in [1.82, 2.24) is 0 Å². The molecule has 2 fully saturated rings. The molecule has 0 atom stereocenters. The van der Waals surface area contributed by atoms with Crippen LogP contribution in [0.3, 0.4) is 0 Å². The minimum atomic E-state index is -0.0287. The summed E-state index contributed by atoms with van der Waals surface area (Å²) in [6, 6.07) is 23.2. The van der Waals surface area contributed by atoms with Crippen molar-refractivity contribution in [2.24, 2.45) is 0 Å². The van der Waals surface area contributed by atoms with Crippen LogP contribution in [-0.4, -0.2) is 11.3 Å². The van der Waals surface area contributed by atoms with Crippen LogP contribution in [0.1, 0.15) is 64.2 Å². The molecule has 0 aromatic heterocycles. The van der Waals surface area contributed by atoms with Gasteiger partial charge in [0, 0.05) is 0 Å². The van der Waals surface area contributed by atoms with Gasteiger partial charge < -0.3 is 82.2 Å². The minimum Gasteiger partial charge on any atom is -0.998 e. The Kier molecular flexibility index (Phi) is 10.1. The quantitative estimate of drug-likeness (QED) is 0.316. The van der Waals surface area contributed by atoms with Gasteiger partial charge in [0.05, 0.1) is 0 Å². The maximum absolute atomic E-state index is 3.32. The van der Waals surface area contributed by atoms with Gasteiger partial charge in [0.2, 0.25) is 0 Å². The van der Waals surface area contributed by atoms with Crippen LogP contribution in [0.2, 0.25) is 0 Å². The Morgan fingerprint density at radius 1 is 0.640 bits per heavy atom. The first kappa shape index (κ1) is 21.4. The standard InChI is InChI=1S/C17H22P.C5Br.Fe/c1-3-9-15(10-4-1)18(17-13-7-8-14-17)16-11-5-2-6-12-16;6-5-3-1-2-4-5;/h15-16H,1-6,9-12H2;;/q2*-5;+2. The van der Waals surface area contributed by atoms with Crippen LogP contribution >= 0.6 is 23.9 Å². The first-order chi connectivity index (χ1) is 11.8. The number of rotatable bonds is 3.